The molecule has 0 unspecified atom stereocenters. The summed E-state index contributed by atoms with van der Waals surface area (Å²) in [6, 6.07) is 71.1. The highest BCUT2D eigenvalue weighted by atomic mass is 15.2. The minimum atomic E-state index is -0.366. The lowest BCUT2D eigenvalue weighted by atomic mass is 9.81. The molecule has 0 bridgehead atoms. The maximum absolute atomic E-state index is 4.27. The van der Waals surface area contributed by atoms with E-state index in [1.807, 2.05) is 24.3 Å². The molecule has 0 fully saturated rings. The molecule has 2 aromatic heterocycles. The number of fused-ring (bicyclic) bond motifs is 7. The average Bonchev–Trinajstić information content (AvgIpc) is 4.02. The average molecular weight is 941 g/mol. The first-order chi connectivity index (χ1) is 35.6. The van der Waals surface area contributed by atoms with E-state index in [2.05, 4.69) is 267 Å². The predicted octanol–water partition coefficient (Wildman–Crippen LogP) is 19.2. The van der Waals surface area contributed by atoms with E-state index in [9.17, 15) is 0 Å². The lowest BCUT2D eigenvalue weighted by Crippen LogP contribution is -2.18. The molecule has 0 radical (unpaired) electrons. The predicted molar refractivity (Wildman–Crippen MR) is 314 cm³/mol. The zero-order valence-corrected chi connectivity index (χ0v) is 41.9. The van der Waals surface area contributed by atoms with Gasteiger partial charge < -0.3 is 18.9 Å². The Bertz CT molecular complexity index is 4040. The van der Waals surface area contributed by atoms with Crippen LogP contribution in [-0.4, -0.2) is 9.13 Å². The quantitative estimate of drug-likeness (QED) is 0.121. The zero-order valence-electron chi connectivity index (χ0n) is 41.9. The van der Waals surface area contributed by atoms with Gasteiger partial charge in [-0.25, -0.2) is 0 Å². The summed E-state index contributed by atoms with van der Waals surface area (Å²) >= 11 is 0. The monoisotopic (exact) mass is 940 g/mol. The van der Waals surface area contributed by atoms with Crippen molar-refractivity contribution < 1.29 is 0 Å². The van der Waals surface area contributed by atoms with Crippen LogP contribution < -0.4 is 9.80 Å². The standard InChI is InChI=1S/C69H56N4/c1-9-54-56-25-15-17-29-65(56)72(63(54)11-3)51-23-19-21-49(41-51)70(47-35-31-45(5)32-36-47)53-39-40-60-61(43-53)69(7,8)62-44-67(58-27-13-14-28-59(58)68(60)62)71(48-37-33-46(6)34-38-48)50-22-20-24-52(42-50)73-64(12-4)55(10-2)57-26-16-18-30-66(57)73/h9-44H,1-4H2,5-8H3. The number of nitrogens with zero attached hydrogens (tertiary/aromatic N) is 4. The topological polar surface area (TPSA) is 16.3 Å². The van der Waals surface area contributed by atoms with Gasteiger partial charge in [-0.15, -0.1) is 0 Å². The Morgan fingerprint density at radius 1 is 0.397 bits per heavy atom. The van der Waals surface area contributed by atoms with Crippen molar-refractivity contribution in [3.63, 3.8) is 0 Å². The second kappa shape index (κ2) is 17.6. The summed E-state index contributed by atoms with van der Waals surface area (Å²) in [5, 5.41) is 4.70. The first-order valence-corrected chi connectivity index (χ1v) is 25.1. The number of aromatic nitrogens is 2. The van der Waals surface area contributed by atoms with E-state index >= 15 is 0 Å². The molecule has 0 aliphatic heterocycles. The van der Waals surface area contributed by atoms with E-state index in [4.69, 9.17) is 0 Å². The zero-order chi connectivity index (χ0) is 50.1. The third-order valence-corrected chi connectivity index (χ3v) is 15.1. The van der Waals surface area contributed by atoms with Gasteiger partial charge in [0.2, 0.25) is 0 Å². The first kappa shape index (κ1) is 45.0. The second-order valence-electron chi connectivity index (χ2n) is 19.7. The summed E-state index contributed by atoms with van der Waals surface area (Å²) in [6.07, 6.45) is 7.77. The van der Waals surface area contributed by atoms with Crippen molar-refractivity contribution >= 4 is 91.0 Å². The number of benzene rings is 9. The van der Waals surface area contributed by atoms with Crippen molar-refractivity contribution in [2.45, 2.75) is 33.1 Å². The van der Waals surface area contributed by atoms with Crippen LogP contribution in [0.15, 0.2) is 220 Å². The van der Waals surface area contributed by atoms with Crippen LogP contribution in [-0.2, 0) is 5.41 Å². The number of hydrogen-bond donors (Lipinski definition) is 0. The Kier molecular flexibility index (Phi) is 10.9. The molecule has 73 heavy (non-hydrogen) atoms. The largest absolute Gasteiger partial charge is 0.310 e. The summed E-state index contributed by atoms with van der Waals surface area (Å²) in [5.41, 5.74) is 22.2. The van der Waals surface area contributed by atoms with Crippen LogP contribution in [0.5, 0.6) is 0 Å². The normalized spacial score (nSPS) is 12.4. The molecule has 4 nitrogen and oxygen atoms in total. The van der Waals surface area contributed by atoms with E-state index < -0.39 is 0 Å². The van der Waals surface area contributed by atoms with Crippen molar-refractivity contribution in [2.75, 3.05) is 9.80 Å². The first-order valence-electron chi connectivity index (χ1n) is 25.1. The maximum atomic E-state index is 4.27. The molecular weight excluding hydrogens is 885 g/mol. The number of anilines is 6. The van der Waals surface area contributed by atoms with Crippen LogP contribution in [0, 0.1) is 13.8 Å². The van der Waals surface area contributed by atoms with Gasteiger partial charge in [0.15, 0.2) is 0 Å². The molecule has 11 aromatic rings. The van der Waals surface area contributed by atoms with E-state index in [1.54, 1.807) is 0 Å². The van der Waals surface area contributed by atoms with Gasteiger partial charge in [-0.1, -0.05) is 167 Å². The molecule has 352 valence electrons. The lowest BCUT2D eigenvalue weighted by Gasteiger charge is -2.30. The minimum absolute atomic E-state index is 0.366. The Hall–Kier alpha value is -9.12. The molecule has 9 aromatic carbocycles. The Morgan fingerprint density at radius 3 is 1.37 bits per heavy atom. The Morgan fingerprint density at radius 2 is 0.849 bits per heavy atom. The van der Waals surface area contributed by atoms with Crippen LogP contribution in [0.3, 0.4) is 0 Å². The molecule has 0 spiro atoms. The highest BCUT2D eigenvalue weighted by molar-refractivity contribution is 6.10. The van der Waals surface area contributed by atoms with Crippen molar-refractivity contribution in [3.05, 3.63) is 265 Å². The lowest BCUT2D eigenvalue weighted by molar-refractivity contribution is 0.661. The maximum Gasteiger partial charge on any atom is 0.0543 e. The summed E-state index contributed by atoms with van der Waals surface area (Å²) in [7, 11) is 0. The highest BCUT2D eigenvalue weighted by Crippen LogP contribution is 2.56. The van der Waals surface area contributed by atoms with Crippen LogP contribution in [0.25, 0.3) is 79.4 Å². The van der Waals surface area contributed by atoms with Crippen molar-refractivity contribution in [3.8, 4) is 22.5 Å². The smallest absolute Gasteiger partial charge is 0.0543 e. The van der Waals surface area contributed by atoms with Gasteiger partial charge in [0, 0.05) is 72.5 Å². The van der Waals surface area contributed by atoms with Gasteiger partial charge in [-0.2, -0.15) is 0 Å². The molecular formula is C69H56N4. The van der Waals surface area contributed by atoms with Gasteiger partial charge >= 0.3 is 0 Å². The number of hydrogen-bond acceptors (Lipinski definition) is 2. The van der Waals surface area contributed by atoms with Gasteiger partial charge in [0.05, 0.1) is 28.1 Å². The van der Waals surface area contributed by atoms with E-state index in [0.717, 1.165) is 89.8 Å². The molecule has 0 atom stereocenters. The Labute approximate surface area is 428 Å². The third kappa shape index (κ3) is 7.12. The van der Waals surface area contributed by atoms with Crippen molar-refractivity contribution in [1.82, 2.24) is 9.13 Å². The number of rotatable bonds is 12. The molecule has 12 rings (SSSR count). The fraction of sp³-hybridized carbons (Fsp3) is 0.0725. The number of para-hydroxylation sites is 2. The van der Waals surface area contributed by atoms with E-state index in [1.165, 1.54) is 44.2 Å². The molecule has 1 aliphatic rings. The van der Waals surface area contributed by atoms with Gasteiger partial charge in [-0.05, 0) is 145 Å². The summed E-state index contributed by atoms with van der Waals surface area (Å²) < 4.78 is 4.61. The third-order valence-electron chi connectivity index (χ3n) is 15.1. The molecule has 1 aliphatic carbocycles. The summed E-state index contributed by atoms with van der Waals surface area (Å²) in [5.74, 6) is 0. The van der Waals surface area contributed by atoms with Crippen LogP contribution >= 0.6 is 0 Å². The second-order valence-corrected chi connectivity index (χ2v) is 19.7. The molecule has 0 N–H and O–H groups in total. The minimum Gasteiger partial charge on any atom is -0.310 e. The molecule has 0 saturated heterocycles. The van der Waals surface area contributed by atoms with Crippen molar-refractivity contribution in [1.29, 1.82) is 0 Å². The SMILES string of the molecule is C=Cc1c(C=C)n(-c2cccc(N(c3ccc(C)cc3)c3ccc4c(c3)C(C)(C)c3cc(N(c5ccc(C)cc5)c5cccc(-n6c(C=C)c(C=C)c7ccccc76)c5)c5ccccc5c3-4)c2)c2ccccc12. The van der Waals surface area contributed by atoms with Crippen molar-refractivity contribution in [2.24, 2.45) is 0 Å². The molecule has 4 heteroatoms. The van der Waals surface area contributed by atoms with E-state index in [-0.39, 0.29) is 5.41 Å². The molecule has 2 heterocycles. The summed E-state index contributed by atoms with van der Waals surface area (Å²) in [6.45, 7) is 26.0. The van der Waals surface area contributed by atoms with Crippen LogP contribution in [0.4, 0.5) is 34.1 Å². The highest BCUT2D eigenvalue weighted by Gasteiger charge is 2.39. The fourth-order valence-electron chi connectivity index (χ4n) is 11.6. The van der Waals surface area contributed by atoms with E-state index in [0.29, 0.717) is 0 Å². The van der Waals surface area contributed by atoms with Gasteiger partial charge in [0.25, 0.3) is 0 Å². The van der Waals surface area contributed by atoms with Crippen LogP contribution in [0.1, 0.15) is 58.6 Å². The Balaban J connectivity index is 1.03. The fourth-order valence-corrected chi connectivity index (χ4v) is 11.6. The van der Waals surface area contributed by atoms with Gasteiger partial charge in [0.1, 0.15) is 0 Å². The number of aryl methyl sites for hydroxylation is 2. The molecule has 0 amide bonds. The summed E-state index contributed by atoms with van der Waals surface area (Å²) in [4.78, 5) is 4.84. The molecule has 0 saturated carbocycles. The van der Waals surface area contributed by atoms with Crippen LogP contribution in [0.2, 0.25) is 0 Å². The van der Waals surface area contributed by atoms with Gasteiger partial charge in [-0.3, -0.25) is 0 Å².